The van der Waals surface area contributed by atoms with Crippen molar-refractivity contribution in [2.75, 3.05) is 12.4 Å². The minimum atomic E-state index is -1.36. The molecular formula is C26H29NO8. The smallest absolute Gasteiger partial charge is 0.360 e. The van der Waals surface area contributed by atoms with E-state index in [1.807, 2.05) is 30.3 Å². The summed E-state index contributed by atoms with van der Waals surface area (Å²) in [7, 11) is 1.43. The Morgan fingerprint density at radius 1 is 1.11 bits per heavy atom. The number of rotatable bonds is 6. The number of aliphatic hydroxyl groups is 2. The van der Waals surface area contributed by atoms with E-state index in [1.165, 1.54) is 7.11 Å². The fraction of sp³-hybridized carbons (Fsp3) is 0.385. The highest BCUT2D eigenvalue weighted by Gasteiger charge is 2.50. The zero-order valence-corrected chi connectivity index (χ0v) is 20.0. The summed E-state index contributed by atoms with van der Waals surface area (Å²) in [5.74, 6) is -0.0251. The summed E-state index contributed by atoms with van der Waals surface area (Å²) >= 11 is 0. The molecule has 1 fully saturated rings. The summed E-state index contributed by atoms with van der Waals surface area (Å²) in [6.07, 6.45) is -4.39. The molecule has 4 rings (SSSR count). The number of carbonyl (C=O) groups excluding carboxylic acids is 1. The molecule has 9 heteroatoms. The lowest BCUT2D eigenvalue weighted by Crippen LogP contribution is -2.63. The van der Waals surface area contributed by atoms with Crippen LogP contribution in [-0.4, -0.2) is 53.4 Å². The van der Waals surface area contributed by atoms with Crippen LogP contribution >= 0.6 is 0 Å². The summed E-state index contributed by atoms with van der Waals surface area (Å²) in [6, 6.07) is 14.1. The lowest BCUT2D eigenvalue weighted by atomic mass is 9.89. The van der Waals surface area contributed by atoms with Gasteiger partial charge in [0.15, 0.2) is 0 Å². The van der Waals surface area contributed by atoms with E-state index in [-0.39, 0.29) is 23.6 Å². The van der Waals surface area contributed by atoms with E-state index >= 15 is 0 Å². The van der Waals surface area contributed by atoms with Crippen molar-refractivity contribution in [2.45, 2.75) is 57.4 Å². The number of methoxy groups -OCH3 is 1. The van der Waals surface area contributed by atoms with E-state index in [0.717, 1.165) is 5.56 Å². The number of benzene rings is 2. The molecule has 1 aromatic heterocycles. The monoisotopic (exact) mass is 483 g/mol. The number of fused-ring (bicyclic) bond motifs is 1. The molecule has 1 saturated heterocycles. The van der Waals surface area contributed by atoms with Gasteiger partial charge in [-0.1, -0.05) is 30.3 Å². The normalized spacial score (nSPS) is 23.7. The molecule has 0 unspecified atom stereocenters. The molecule has 2 aromatic carbocycles. The predicted molar refractivity (Wildman–Crippen MR) is 128 cm³/mol. The number of nitrogens with one attached hydrogen (secondary N) is 1. The van der Waals surface area contributed by atoms with E-state index in [9.17, 15) is 19.8 Å². The molecule has 2 heterocycles. The molecule has 0 saturated carbocycles. The number of hydrogen-bond donors (Lipinski definition) is 3. The summed E-state index contributed by atoms with van der Waals surface area (Å²) in [6.45, 7) is 5.15. The van der Waals surface area contributed by atoms with Gasteiger partial charge >= 0.3 is 5.63 Å². The second kappa shape index (κ2) is 9.79. The number of aryl methyl sites for hydroxylation is 1. The molecule has 0 radical (unpaired) electrons. The first-order chi connectivity index (χ1) is 16.6. The van der Waals surface area contributed by atoms with Gasteiger partial charge in [-0.25, -0.2) is 4.79 Å². The molecule has 35 heavy (non-hydrogen) atoms. The third-order valence-corrected chi connectivity index (χ3v) is 6.12. The SMILES string of the molecule is CO[C@@H]1[C@@H](O)[C@@H](O)[C@H](Oc2ccc3cc(NC(=O)Cc4ccccc4)c(=O)oc3c2C)OC1(C)C. The molecule has 1 amide bonds. The summed E-state index contributed by atoms with van der Waals surface area (Å²) in [4.78, 5) is 25.0. The van der Waals surface area contributed by atoms with Crippen molar-refractivity contribution in [3.05, 3.63) is 70.1 Å². The van der Waals surface area contributed by atoms with Crippen molar-refractivity contribution in [3.63, 3.8) is 0 Å². The number of anilines is 1. The van der Waals surface area contributed by atoms with Crippen molar-refractivity contribution >= 4 is 22.6 Å². The summed E-state index contributed by atoms with van der Waals surface area (Å²) in [5.41, 5.74) is 0.000205. The van der Waals surface area contributed by atoms with Crippen molar-refractivity contribution in [3.8, 4) is 5.75 Å². The van der Waals surface area contributed by atoms with Gasteiger partial charge in [-0.2, -0.15) is 0 Å². The van der Waals surface area contributed by atoms with Crippen molar-refractivity contribution in [1.82, 2.24) is 0 Å². The Labute approximate surface area is 202 Å². The van der Waals surface area contributed by atoms with Gasteiger partial charge in [0.05, 0.1) is 12.0 Å². The maximum atomic E-state index is 12.6. The first-order valence-corrected chi connectivity index (χ1v) is 11.3. The Morgan fingerprint density at radius 3 is 2.51 bits per heavy atom. The van der Waals surface area contributed by atoms with Crippen molar-refractivity contribution in [1.29, 1.82) is 0 Å². The number of hydrogen-bond acceptors (Lipinski definition) is 8. The zero-order valence-electron chi connectivity index (χ0n) is 20.0. The number of amides is 1. The Morgan fingerprint density at radius 2 is 1.83 bits per heavy atom. The Bertz CT molecular complexity index is 1270. The molecule has 186 valence electrons. The fourth-order valence-electron chi connectivity index (χ4n) is 4.33. The van der Waals surface area contributed by atoms with Crippen LogP contribution in [0.25, 0.3) is 11.0 Å². The second-order valence-electron chi connectivity index (χ2n) is 9.11. The van der Waals surface area contributed by atoms with E-state index in [0.29, 0.717) is 16.7 Å². The van der Waals surface area contributed by atoms with Gasteiger partial charge in [-0.05, 0) is 44.5 Å². The van der Waals surface area contributed by atoms with E-state index < -0.39 is 35.8 Å². The van der Waals surface area contributed by atoms with Gasteiger partial charge in [0.2, 0.25) is 12.2 Å². The Balaban J connectivity index is 1.55. The highest BCUT2D eigenvalue weighted by atomic mass is 16.7. The summed E-state index contributed by atoms with van der Waals surface area (Å²) in [5, 5.41) is 24.2. The molecule has 1 aliphatic rings. The van der Waals surface area contributed by atoms with Crippen molar-refractivity contribution in [2.24, 2.45) is 0 Å². The van der Waals surface area contributed by atoms with Crippen LogP contribution in [0.15, 0.2) is 57.7 Å². The zero-order chi connectivity index (χ0) is 25.3. The number of aliphatic hydroxyl groups excluding tert-OH is 2. The Kier molecular flexibility index (Phi) is 6.95. The molecule has 0 aliphatic carbocycles. The van der Waals surface area contributed by atoms with Gasteiger partial charge in [-0.3, -0.25) is 4.79 Å². The lowest BCUT2D eigenvalue weighted by molar-refractivity contribution is -0.306. The molecule has 1 aliphatic heterocycles. The third kappa shape index (κ3) is 5.08. The quantitative estimate of drug-likeness (QED) is 0.457. The van der Waals surface area contributed by atoms with E-state index in [2.05, 4.69) is 5.32 Å². The minimum absolute atomic E-state index is 0.0352. The predicted octanol–water partition coefficient (Wildman–Crippen LogP) is 2.53. The van der Waals surface area contributed by atoms with Crippen molar-refractivity contribution < 1.29 is 33.6 Å². The van der Waals surface area contributed by atoms with Crippen LogP contribution in [0.5, 0.6) is 5.75 Å². The third-order valence-electron chi connectivity index (χ3n) is 6.12. The second-order valence-corrected chi connectivity index (χ2v) is 9.11. The molecule has 4 atom stereocenters. The molecular weight excluding hydrogens is 454 g/mol. The van der Waals surface area contributed by atoms with Gasteiger partial charge in [0.25, 0.3) is 0 Å². The van der Waals surface area contributed by atoms with Gasteiger partial charge in [0, 0.05) is 18.1 Å². The standard InChI is InChI=1S/C26H29NO8/c1-14-18(33-25-21(30)20(29)23(32-4)26(2,3)35-25)11-10-16-13-17(24(31)34-22(14)16)27-19(28)12-15-8-6-5-7-9-15/h5-11,13,20-21,23,25,29-30H,12H2,1-4H3,(H,27,28)/t20-,21+,23+,25+/m0/s1. The van der Waals surface area contributed by atoms with Crippen LogP contribution in [0, 0.1) is 6.92 Å². The number of ether oxygens (including phenoxy) is 3. The minimum Gasteiger partial charge on any atom is -0.462 e. The van der Waals surface area contributed by atoms with Crippen LogP contribution in [0.2, 0.25) is 0 Å². The molecule has 3 N–H and O–H groups in total. The lowest BCUT2D eigenvalue weighted by Gasteiger charge is -2.46. The maximum Gasteiger partial charge on any atom is 0.360 e. The molecule has 9 nitrogen and oxygen atoms in total. The number of carbonyl (C=O) groups is 1. The van der Waals surface area contributed by atoms with Crippen LogP contribution in [0.3, 0.4) is 0 Å². The largest absolute Gasteiger partial charge is 0.462 e. The van der Waals surface area contributed by atoms with E-state index in [1.54, 1.807) is 39.0 Å². The van der Waals surface area contributed by atoms with Gasteiger partial charge in [-0.15, -0.1) is 0 Å². The molecule has 3 aromatic rings. The Hall–Kier alpha value is -3.24. The first kappa shape index (κ1) is 24.9. The maximum absolute atomic E-state index is 12.6. The van der Waals surface area contributed by atoms with Gasteiger partial charge < -0.3 is 34.2 Å². The fourth-order valence-corrected chi connectivity index (χ4v) is 4.33. The van der Waals surface area contributed by atoms with Crippen LogP contribution in [0.4, 0.5) is 5.69 Å². The summed E-state index contributed by atoms with van der Waals surface area (Å²) < 4.78 is 22.5. The van der Waals surface area contributed by atoms with Crippen LogP contribution in [-0.2, 0) is 20.7 Å². The van der Waals surface area contributed by atoms with Crippen LogP contribution in [0.1, 0.15) is 25.0 Å². The average molecular weight is 484 g/mol. The van der Waals surface area contributed by atoms with Crippen LogP contribution < -0.4 is 15.7 Å². The van der Waals surface area contributed by atoms with Gasteiger partial charge in [0.1, 0.15) is 35.3 Å². The first-order valence-electron chi connectivity index (χ1n) is 11.3. The highest BCUT2D eigenvalue weighted by molar-refractivity contribution is 5.94. The molecule has 0 spiro atoms. The molecule has 0 bridgehead atoms. The average Bonchev–Trinajstić information content (AvgIpc) is 2.81. The highest BCUT2D eigenvalue weighted by Crippen LogP contribution is 2.35. The topological polar surface area (TPSA) is 127 Å². The van der Waals surface area contributed by atoms with E-state index in [4.69, 9.17) is 18.6 Å².